The van der Waals surface area contributed by atoms with Gasteiger partial charge in [0.25, 0.3) is 0 Å². The first-order chi connectivity index (χ1) is 11.3. The maximum atomic E-state index is 5.54. The highest BCUT2D eigenvalue weighted by Crippen LogP contribution is 2.16. The second-order valence-corrected chi connectivity index (χ2v) is 5.61. The molecule has 2 aromatic rings. The van der Waals surface area contributed by atoms with E-state index in [1.165, 1.54) is 16.8 Å². The van der Waals surface area contributed by atoms with Gasteiger partial charge < -0.3 is 10.6 Å². The Morgan fingerprint density at radius 1 is 0.913 bits per heavy atom. The molecule has 0 radical (unpaired) electrons. The van der Waals surface area contributed by atoms with Crippen LogP contribution in [-0.4, -0.2) is 19.6 Å². The molecule has 0 saturated heterocycles. The summed E-state index contributed by atoms with van der Waals surface area (Å²) in [6.45, 7) is 8.17. The minimum Gasteiger partial charge on any atom is -0.372 e. The van der Waals surface area contributed by atoms with Crippen LogP contribution in [0.3, 0.4) is 0 Å². The Morgan fingerprint density at radius 2 is 1.48 bits per heavy atom. The van der Waals surface area contributed by atoms with Crippen LogP contribution in [0.25, 0.3) is 12.2 Å². The number of hydrogen-bond donors (Lipinski definition) is 1. The van der Waals surface area contributed by atoms with E-state index in [1.54, 1.807) is 0 Å². The highest BCUT2D eigenvalue weighted by Gasteiger charge is 2.01. The molecule has 0 spiro atoms. The van der Waals surface area contributed by atoms with Gasteiger partial charge in [-0.25, -0.2) is 4.57 Å². The number of hydrogen-bond acceptors (Lipinski definition) is 2. The molecule has 0 amide bonds. The lowest BCUT2D eigenvalue weighted by atomic mass is 10.1. The number of nitrogens with zero attached hydrogens (tertiary/aromatic N) is 2. The van der Waals surface area contributed by atoms with Crippen LogP contribution in [-0.2, 0) is 6.54 Å². The van der Waals surface area contributed by atoms with Crippen molar-refractivity contribution in [1.82, 2.24) is 0 Å². The van der Waals surface area contributed by atoms with E-state index in [-0.39, 0.29) is 0 Å². The molecule has 0 unspecified atom stereocenters. The molecule has 0 aliphatic carbocycles. The number of pyridine rings is 1. The zero-order valence-corrected chi connectivity index (χ0v) is 14.3. The molecule has 2 rings (SSSR count). The number of aryl methyl sites for hydroxylation is 1. The van der Waals surface area contributed by atoms with Gasteiger partial charge >= 0.3 is 0 Å². The first-order valence-corrected chi connectivity index (χ1v) is 8.49. The minimum atomic E-state index is 0.734. The minimum absolute atomic E-state index is 0.734. The molecule has 0 aliphatic heterocycles. The van der Waals surface area contributed by atoms with Gasteiger partial charge in [-0.05, 0) is 43.7 Å². The normalized spacial score (nSPS) is 11.1. The largest absolute Gasteiger partial charge is 0.372 e. The number of nitrogens with two attached hydrogens (primary N) is 1. The molecule has 0 fully saturated rings. The van der Waals surface area contributed by atoms with Crippen molar-refractivity contribution in [3.05, 3.63) is 59.9 Å². The zero-order valence-electron chi connectivity index (χ0n) is 14.3. The van der Waals surface area contributed by atoms with Crippen LogP contribution in [0.1, 0.15) is 31.4 Å². The van der Waals surface area contributed by atoms with E-state index in [2.05, 4.69) is 84.3 Å². The van der Waals surface area contributed by atoms with Crippen molar-refractivity contribution in [2.24, 2.45) is 5.73 Å². The molecule has 2 N–H and O–H groups in total. The van der Waals surface area contributed by atoms with Gasteiger partial charge in [0.05, 0.1) is 0 Å². The fraction of sp³-hybridized carbons (Fsp3) is 0.350. The van der Waals surface area contributed by atoms with Crippen LogP contribution in [0, 0.1) is 0 Å². The van der Waals surface area contributed by atoms with Crippen LogP contribution in [0.5, 0.6) is 0 Å². The van der Waals surface area contributed by atoms with Gasteiger partial charge in [-0.3, -0.25) is 0 Å². The molecule has 0 atom stereocenters. The van der Waals surface area contributed by atoms with Crippen LogP contribution in [0.4, 0.5) is 5.69 Å². The highest BCUT2D eigenvalue weighted by atomic mass is 15.1. The van der Waals surface area contributed by atoms with E-state index in [1.807, 2.05) is 0 Å². The van der Waals surface area contributed by atoms with Gasteiger partial charge in [-0.15, -0.1) is 0 Å². The summed E-state index contributed by atoms with van der Waals surface area (Å²) in [6, 6.07) is 13.0. The Bertz CT molecular complexity index is 596. The van der Waals surface area contributed by atoms with Crippen molar-refractivity contribution < 1.29 is 4.57 Å². The van der Waals surface area contributed by atoms with E-state index in [0.717, 1.165) is 32.6 Å². The fourth-order valence-electron chi connectivity index (χ4n) is 2.58. The van der Waals surface area contributed by atoms with E-state index in [0.29, 0.717) is 0 Å². The molecule has 3 heteroatoms. The Kier molecular flexibility index (Phi) is 6.82. The van der Waals surface area contributed by atoms with Crippen molar-refractivity contribution in [3.8, 4) is 0 Å². The van der Waals surface area contributed by atoms with E-state index in [4.69, 9.17) is 5.73 Å². The Morgan fingerprint density at radius 3 is 2.00 bits per heavy atom. The van der Waals surface area contributed by atoms with Crippen LogP contribution in [0.2, 0.25) is 0 Å². The predicted octanol–water partition coefficient (Wildman–Crippen LogP) is 3.34. The number of anilines is 1. The summed E-state index contributed by atoms with van der Waals surface area (Å²) in [5.74, 6) is 0. The lowest BCUT2D eigenvalue weighted by molar-refractivity contribution is -0.697. The Balaban J connectivity index is 1.99. The number of aromatic nitrogens is 1. The molecule has 3 nitrogen and oxygen atoms in total. The third-order valence-electron chi connectivity index (χ3n) is 4.03. The third-order valence-corrected chi connectivity index (χ3v) is 4.03. The summed E-state index contributed by atoms with van der Waals surface area (Å²) in [5.41, 5.74) is 9.26. The summed E-state index contributed by atoms with van der Waals surface area (Å²) in [6.07, 6.45) is 9.54. The molecule has 23 heavy (non-hydrogen) atoms. The van der Waals surface area contributed by atoms with Crippen molar-refractivity contribution >= 4 is 17.8 Å². The molecule has 0 bridgehead atoms. The highest BCUT2D eigenvalue weighted by molar-refractivity contribution is 5.70. The molecule has 122 valence electrons. The first-order valence-electron chi connectivity index (χ1n) is 8.49. The number of benzene rings is 1. The predicted molar refractivity (Wildman–Crippen MR) is 99.2 cm³/mol. The quantitative estimate of drug-likeness (QED) is 0.759. The van der Waals surface area contributed by atoms with Gasteiger partial charge in [0.1, 0.15) is 6.54 Å². The lowest BCUT2D eigenvalue weighted by Gasteiger charge is -2.20. The standard InChI is InChI=1S/C20H28N3/c1-3-23(4-2)20-10-8-18(9-11-20)6-7-19-12-16-22(17-13-19)15-5-14-21/h6-13,16-17H,3-5,14-15,21H2,1-2H3/q+1. The molecule has 1 aromatic carbocycles. The summed E-state index contributed by atoms with van der Waals surface area (Å²) >= 11 is 0. The second-order valence-electron chi connectivity index (χ2n) is 5.61. The van der Waals surface area contributed by atoms with Crippen LogP contribution >= 0.6 is 0 Å². The van der Waals surface area contributed by atoms with E-state index in [9.17, 15) is 0 Å². The average molecular weight is 310 g/mol. The van der Waals surface area contributed by atoms with Gasteiger partial charge in [0.2, 0.25) is 0 Å². The maximum absolute atomic E-state index is 5.54. The van der Waals surface area contributed by atoms with E-state index < -0.39 is 0 Å². The van der Waals surface area contributed by atoms with Crippen molar-refractivity contribution in [1.29, 1.82) is 0 Å². The SMILES string of the molecule is CCN(CC)c1ccc(/C=C/c2cc[n+](CCCN)cc2)cc1. The van der Waals surface area contributed by atoms with Gasteiger partial charge in [0, 0.05) is 37.3 Å². The second kappa shape index (κ2) is 9.11. The average Bonchev–Trinajstić information content (AvgIpc) is 2.61. The maximum Gasteiger partial charge on any atom is 0.169 e. The smallest absolute Gasteiger partial charge is 0.169 e. The summed E-state index contributed by atoms with van der Waals surface area (Å²) in [7, 11) is 0. The topological polar surface area (TPSA) is 33.1 Å². The summed E-state index contributed by atoms with van der Waals surface area (Å²) in [4.78, 5) is 2.35. The van der Waals surface area contributed by atoms with E-state index >= 15 is 0 Å². The summed E-state index contributed by atoms with van der Waals surface area (Å²) in [5, 5.41) is 0. The van der Waals surface area contributed by atoms with Gasteiger partial charge in [0.15, 0.2) is 12.4 Å². The van der Waals surface area contributed by atoms with Crippen molar-refractivity contribution in [2.75, 3.05) is 24.5 Å². The Hall–Kier alpha value is -2.13. The van der Waals surface area contributed by atoms with Gasteiger partial charge in [-0.2, -0.15) is 0 Å². The molecule has 0 aliphatic rings. The molecular weight excluding hydrogens is 282 g/mol. The Labute approximate surface area is 140 Å². The first kappa shape index (κ1) is 17.2. The fourth-order valence-corrected chi connectivity index (χ4v) is 2.58. The zero-order chi connectivity index (χ0) is 16.5. The molecule has 1 aromatic heterocycles. The molecule has 1 heterocycles. The summed E-state index contributed by atoms with van der Waals surface area (Å²) < 4.78 is 2.17. The van der Waals surface area contributed by atoms with Crippen molar-refractivity contribution in [2.45, 2.75) is 26.8 Å². The van der Waals surface area contributed by atoms with Crippen LogP contribution < -0.4 is 15.2 Å². The lowest BCUT2D eigenvalue weighted by Crippen LogP contribution is -2.33. The molecular formula is C20H28N3+. The van der Waals surface area contributed by atoms with Gasteiger partial charge in [-0.1, -0.05) is 24.3 Å². The monoisotopic (exact) mass is 310 g/mol. The number of rotatable bonds is 8. The molecule has 0 saturated carbocycles. The van der Waals surface area contributed by atoms with Crippen LogP contribution in [0.15, 0.2) is 48.8 Å². The third kappa shape index (κ3) is 5.22. The van der Waals surface area contributed by atoms with Crippen molar-refractivity contribution in [3.63, 3.8) is 0 Å².